The number of hydrogen-bond acceptors (Lipinski definition) is 2. The van der Waals surface area contributed by atoms with E-state index in [1.807, 2.05) is 6.92 Å². The zero-order valence-electron chi connectivity index (χ0n) is 7.35. The molecule has 0 bridgehead atoms. The van der Waals surface area contributed by atoms with Crippen LogP contribution in [0, 0.1) is 0 Å². The summed E-state index contributed by atoms with van der Waals surface area (Å²) in [4.78, 5) is 10.7. The number of ether oxygens (including phenoxy) is 1. The van der Waals surface area contributed by atoms with Crippen molar-refractivity contribution in [3.63, 3.8) is 0 Å². The van der Waals surface area contributed by atoms with Gasteiger partial charge in [0.05, 0.1) is 6.61 Å². The summed E-state index contributed by atoms with van der Waals surface area (Å²) in [5, 5.41) is 0. The molecule has 0 rings (SSSR count). The second-order valence-electron chi connectivity index (χ2n) is 2.26. The molecule has 11 heavy (non-hydrogen) atoms. The van der Waals surface area contributed by atoms with Gasteiger partial charge in [-0.1, -0.05) is 19.8 Å². The predicted molar refractivity (Wildman–Crippen MR) is 40.8 cm³/mol. The van der Waals surface area contributed by atoms with E-state index < -0.39 is 0 Å². The Hall–Kier alpha value is 0.340. The largest absolute Gasteiger partial charge is 0.466 e. The first-order valence-electron chi connectivity index (χ1n) is 3.96. The van der Waals surface area contributed by atoms with E-state index in [2.05, 4.69) is 6.92 Å². The molecule has 0 saturated heterocycles. The molecule has 0 heterocycles. The second kappa shape index (κ2) is 10.3. The van der Waals surface area contributed by atoms with Gasteiger partial charge in [0.1, 0.15) is 0 Å². The Balaban J connectivity index is 0. The molecule has 0 N–H and O–H groups in total. The molecule has 0 aromatic heterocycles. The summed E-state index contributed by atoms with van der Waals surface area (Å²) < 4.78 is 4.75. The standard InChI is InChI=1S/C8H16O2.Hf/c1-3-5-6-7-8(9)10-4-2;/h3-7H2,1-2H3;. The van der Waals surface area contributed by atoms with Crippen molar-refractivity contribution in [2.24, 2.45) is 0 Å². The minimum Gasteiger partial charge on any atom is -0.466 e. The number of carbonyl (C=O) groups excluding carboxylic acids is 1. The molecule has 0 aliphatic rings. The second-order valence-corrected chi connectivity index (χ2v) is 2.26. The third kappa shape index (κ3) is 10.3. The molecular formula is C8H16HfO2. The molecule has 0 amide bonds. The van der Waals surface area contributed by atoms with Crippen LogP contribution in [-0.4, -0.2) is 12.6 Å². The Kier molecular flexibility index (Phi) is 13.1. The summed E-state index contributed by atoms with van der Waals surface area (Å²) in [7, 11) is 0. The van der Waals surface area contributed by atoms with Crippen LogP contribution in [-0.2, 0) is 35.4 Å². The number of hydrogen-bond donors (Lipinski definition) is 0. The first-order valence-corrected chi connectivity index (χ1v) is 3.96. The maximum Gasteiger partial charge on any atom is 0.305 e. The van der Waals surface area contributed by atoms with Crippen molar-refractivity contribution in [1.82, 2.24) is 0 Å². The SMILES string of the molecule is CCCCCC(=O)OCC.[Hf]. The number of unbranched alkanes of at least 4 members (excludes halogenated alkanes) is 2. The first kappa shape index (κ1) is 13.9. The monoisotopic (exact) mass is 324 g/mol. The predicted octanol–water partition coefficient (Wildman–Crippen LogP) is 2.13. The maximum atomic E-state index is 10.7. The molecule has 0 radical (unpaired) electrons. The summed E-state index contributed by atoms with van der Waals surface area (Å²) in [5.41, 5.74) is 0. The van der Waals surface area contributed by atoms with Gasteiger partial charge in [-0.2, -0.15) is 0 Å². The average molecular weight is 323 g/mol. The molecule has 0 aromatic rings. The van der Waals surface area contributed by atoms with Crippen molar-refractivity contribution in [3.05, 3.63) is 0 Å². The zero-order chi connectivity index (χ0) is 7.82. The van der Waals surface area contributed by atoms with Gasteiger partial charge in [0, 0.05) is 32.3 Å². The fourth-order valence-corrected chi connectivity index (χ4v) is 0.752. The fraction of sp³-hybridized carbons (Fsp3) is 0.875. The summed E-state index contributed by atoms with van der Waals surface area (Å²) in [5.74, 6) is -0.0593. The van der Waals surface area contributed by atoms with Crippen LogP contribution in [0.4, 0.5) is 0 Å². The van der Waals surface area contributed by atoms with Gasteiger partial charge in [-0.05, 0) is 13.3 Å². The molecule has 64 valence electrons. The van der Waals surface area contributed by atoms with Crippen LogP contribution in [0.3, 0.4) is 0 Å². The van der Waals surface area contributed by atoms with Gasteiger partial charge in [-0.3, -0.25) is 4.79 Å². The molecule has 2 nitrogen and oxygen atoms in total. The van der Waals surface area contributed by atoms with Crippen LogP contribution < -0.4 is 0 Å². The molecule has 0 aliphatic heterocycles. The summed E-state index contributed by atoms with van der Waals surface area (Å²) >= 11 is 0. The van der Waals surface area contributed by atoms with Gasteiger partial charge in [-0.25, -0.2) is 0 Å². The Bertz CT molecular complexity index is 94.1. The van der Waals surface area contributed by atoms with E-state index in [1.165, 1.54) is 0 Å². The van der Waals surface area contributed by atoms with Crippen LogP contribution in [0.25, 0.3) is 0 Å². The van der Waals surface area contributed by atoms with Crippen LogP contribution in [0.2, 0.25) is 0 Å². The molecule has 3 heteroatoms. The summed E-state index contributed by atoms with van der Waals surface area (Å²) in [6, 6.07) is 0. The van der Waals surface area contributed by atoms with E-state index in [0.29, 0.717) is 13.0 Å². The van der Waals surface area contributed by atoms with Gasteiger partial charge in [0.15, 0.2) is 0 Å². The molecule has 0 unspecified atom stereocenters. The molecule has 0 fully saturated rings. The maximum absolute atomic E-state index is 10.7. The van der Waals surface area contributed by atoms with Gasteiger partial charge in [0.25, 0.3) is 0 Å². The minimum absolute atomic E-state index is 0. The van der Waals surface area contributed by atoms with Crippen molar-refractivity contribution in [2.75, 3.05) is 6.61 Å². The van der Waals surface area contributed by atoms with E-state index in [-0.39, 0.29) is 31.8 Å². The fourth-order valence-electron chi connectivity index (χ4n) is 0.752. The quantitative estimate of drug-likeness (QED) is 0.440. The molecule has 0 aliphatic carbocycles. The normalized spacial score (nSPS) is 8.55. The third-order valence-corrected chi connectivity index (χ3v) is 1.29. The van der Waals surface area contributed by atoms with E-state index in [1.54, 1.807) is 0 Å². The number of rotatable bonds is 5. The van der Waals surface area contributed by atoms with Crippen molar-refractivity contribution < 1.29 is 35.4 Å². The van der Waals surface area contributed by atoms with E-state index in [0.717, 1.165) is 19.3 Å². The van der Waals surface area contributed by atoms with E-state index >= 15 is 0 Å². The van der Waals surface area contributed by atoms with Gasteiger partial charge in [0.2, 0.25) is 0 Å². The Morgan fingerprint density at radius 3 is 2.36 bits per heavy atom. The van der Waals surface area contributed by atoms with Crippen molar-refractivity contribution in [1.29, 1.82) is 0 Å². The van der Waals surface area contributed by atoms with Crippen molar-refractivity contribution in [3.8, 4) is 0 Å². The van der Waals surface area contributed by atoms with Crippen LogP contribution >= 0.6 is 0 Å². The molecule has 0 saturated carbocycles. The summed E-state index contributed by atoms with van der Waals surface area (Å²) in [6.07, 6.45) is 3.83. The molecular weight excluding hydrogens is 307 g/mol. The molecule has 0 atom stereocenters. The molecule has 0 aromatic carbocycles. The smallest absolute Gasteiger partial charge is 0.305 e. The Labute approximate surface area is 87.5 Å². The number of carbonyl (C=O) groups is 1. The van der Waals surface area contributed by atoms with Gasteiger partial charge < -0.3 is 4.74 Å². The van der Waals surface area contributed by atoms with Crippen molar-refractivity contribution >= 4 is 5.97 Å². The van der Waals surface area contributed by atoms with Crippen molar-refractivity contribution in [2.45, 2.75) is 39.5 Å². The Morgan fingerprint density at radius 1 is 1.27 bits per heavy atom. The van der Waals surface area contributed by atoms with Gasteiger partial charge in [-0.15, -0.1) is 0 Å². The topological polar surface area (TPSA) is 26.3 Å². The van der Waals surface area contributed by atoms with Gasteiger partial charge >= 0.3 is 5.97 Å². The van der Waals surface area contributed by atoms with E-state index in [4.69, 9.17) is 4.74 Å². The van der Waals surface area contributed by atoms with Crippen LogP contribution in [0.15, 0.2) is 0 Å². The molecule has 0 spiro atoms. The van der Waals surface area contributed by atoms with E-state index in [9.17, 15) is 4.79 Å². The number of esters is 1. The van der Waals surface area contributed by atoms with Crippen LogP contribution in [0.5, 0.6) is 0 Å². The first-order chi connectivity index (χ1) is 4.81. The van der Waals surface area contributed by atoms with Crippen LogP contribution in [0.1, 0.15) is 39.5 Å². The Morgan fingerprint density at radius 2 is 1.91 bits per heavy atom. The minimum atomic E-state index is -0.0593. The zero-order valence-corrected chi connectivity index (χ0v) is 10.9. The third-order valence-electron chi connectivity index (χ3n) is 1.29. The average Bonchev–Trinajstić information content (AvgIpc) is 1.89. The summed E-state index contributed by atoms with van der Waals surface area (Å²) in [6.45, 7) is 4.45.